The minimum Gasteiger partial charge on any atom is -0.480 e. The topological polar surface area (TPSA) is 86.5 Å². The molecule has 6 nitrogen and oxygen atoms in total. The number of β-amino-alcohol motifs (C(OH)–C–C–N with tert-alkyl or cyclic N) is 1. The van der Waals surface area contributed by atoms with E-state index in [0.717, 1.165) is 0 Å². The van der Waals surface area contributed by atoms with Crippen molar-refractivity contribution in [3.8, 4) is 0 Å². The summed E-state index contributed by atoms with van der Waals surface area (Å²) in [5, 5.41) is 18.4. The maximum Gasteiger partial charge on any atom is 0.326 e. The largest absolute Gasteiger partial charge is 0.480 e. The fourth-order valence-electron chi connectivity index (χ4n) is 1.71. The van der Waals surface area contributed by atoms with Crippen molar-refractivity contribution in [2.45, 2.75) is 18.6 Å². The molecule has 0 bridgehead atoms. The molecule has 0 spiro atoms. The Morgan fingerprint density at radius 3 is 2.62 bits per heavy atom. The van der Waals surface area contributed by atoms with Gasteiger partial charge in [-0.05, 0) is 6.07 Å². The summed E-state index contributed by atoms with van der Waals surface area (Å²) in [6, 6.07) is 0.925. The predicted molar refractivity (Wildman–Crippen MR) is 58.7 cm³/mol. The molecule has 1 saturated heterocycles. The first-order valence-corrected chi connectivity index (χ1v) is 4.63. The number of rotatable bonds is 2. The van der Waals surface area contributed by atoms with E-state index in [2.05, 4.69) is 9.97 Å². The van der Waals surface area contributed by atoms with E-state index in [1.807, 2.05) is 0 Å². The van der Waals surface area contributed by atoms with Gasteiger partial charge in [-0.1, -0.05) is 0 Å². The van der Waals surface area contributed by atoms with Crippen molar-refractivity contribution < 1.29 is 15.0 Å². The first kappa shape index (κ1) is 12.7. The van der Waals surface area contributed by atoms with Gasteiger partial charge in [0.2, 0.25) is 5.95 Å². The quantitative estimate of drug-likeness (QED) is 0.758. The second-order valence-corrected chi connectivity index (χ2v) is 3.44. The van der Waals surface area contributed by atoms with Gasteiger partial charge in [-0.25, -0.2) is 14.8 Å². The maximum atomic E-state index is 10.9. The SMILES string of the molecule is Cl.O=C(O)C1CC(O)CN1c1ncccn1. The molecular weight excluding hydrogens is 234 g/mol. The van der Waals surface area contributed by atoms with Gasteiger partial charge in [-0.3, -0.25) is 0 Å². The Morgan fingerprint density at radius 2 is 2.06 bits per heavy atom. The van der Waals surface area contributed by atoms with Crippen LogP contribution in [0.2, 0.25) is 0 Å². The van der Waals surface area contributed by atoms with Gasteiger partial charge in [0.25, 0.3) is 0 Å². The van der Waals surface area contributed by atoms with E-state index >= 15 is 0 Å². The molecule has 0 radical (unpaired) electrons. The van der Waals surface area contributed by atoms with Crippen molar-refractivity contribution in [3.05, 3.63) is 18.5 Å². The molecule has 0 aliphatic carbocycles. The van der Waals surface area contributed by atoms with Crippen LogP contribution in [-0.4, -0.2) is 44.8 Å². The molecule has 1 fully saturated rings. The Balaban J connectivity index is 0.00000128. The Hall–Kier alpha value is -1.40. The summed E-state index contributed by atoms with van der Waals surface area (Å²) >= 11 is 0. The molecule has 1 aromatic heterocycles. The van der Waals surface area contributed by atoms with Crippen LogP contribution in [0.3, 0.4) is 0 Å². The maximum absolute atomic E-state index is 10.9. The van der Waals surface area contributed by atoms with E-state index in [1.165, 1.54) is 4.90 Å². The highest BCUT2D eigenvalue weighted by Crippen LogP contribution is 2.22. The number of aliphatic hydroxyl groups excluding tert-OH is 1. The lowest BCUT2D eigenvalue weighted by atomic mass is 10.2. The average Bonchev–Trinajstić information content (AvgIpc) is 2.62. The van der Waals surface area contributed by atoms with E-state index in [4.69, 9.17) is 5.11 Å². The number of aromatic nitrogens is 2. The summed E-state index contributed by atoms with van der Waals surface area (Å²) in [5.74, 6) is -0.611. The van der Waals surface area contributed by atoms with Crippen LogP contribution in [0.15, 0.2) is 18.5 Å². The first-order chi connectivity index (χ1) is 7.18. The Labute approximate surface area is 98.4 Å². The lowest BCUT2D eigenvalue weighted by Gasteiger charge is -2.20. The van der Waals surface area contributed by atoms with Gasteiger partial charge in [0.1, 0.15) is 6.04 Å². The Morgan fingerprint density at radius 1 is 1.44 bits per heavy atom. The molecule has 2 N–H and O–H groups in total. The van der Waals surface area contributed by atoms with E-state index in [-0.39, 0.29) is 25.4 Å². The van der Waals surface area contributed by atoms with Gasteiger partial charge in [0, 0.05) is 25.4 Å². The van der Waals surface area contributed by atoms with E-state index < -0.39 is 18.1 Å². The molecule has 2 heterocycles. The highest BCUT2D eigenvalue weighted by molar-refractivity contribution is 5.85. The van der Waals surface area contributed by atoms with E-state index in [9.17, 15) is 9.90 Å². The molecule has 2 atom stereocenters. The normalized spacial score (nSPS) is 23.9. The Bertz CT molecular complexity index is 362. The second-order valence-electron chi connectivity index (χ2n) is 3.44. The van der Waals surface area contributed by atoms with Crippen LogP contribution in [-0.2, 0) is 4.79 Å². The summed E-state index contributed by atoms with van der Waals surface area (Å²) in [4.78, 5) is 20.4. The van der Waals surface area contributed by atoms with Crippen molar-refractivity contribution in [2.75, 3.05) is 11.4 Å². The fourth-order valence-corrected chi connectivity index (χ4v) is 1.71. The molecule has 1 aliphatic heterocycles. The van der Waals surface area contributed by atoms with Crippen LogP contribution in [0.5, 0.6) is 0 Å². The number of carbonyl (C=O) groups is 1. The van der Waals surface area contributed by atoms with Crippen LogP contribution >= 0.6 is 12.4 Å². The molecule has 0 amide bonds. The van der Waals surface area contributed by atoms with E-state index in [1.54, 1.807) is 18.5 Å². The summed E-state index contributed by atoms with van der Waals surface area (Å²) in [6.07, 6.45) is 2.68. The molecule has 88 valence electrons. The number of carboxylic acids is 1. The second kappa shape index (κ2) is 5.09. The van der Waals surface area contributed by atoms with Gasteiger partial charge < -0.3 is 15.1 Å². The standard InChI is InChI=1S/C9H11N3O3.ClH/c13-6-4-7(8(14)15)12(5-6)9-10-2-1-3-11-9;/h1-3,6-7,13H,4-5H2,(H,14,15);1H. The summed E-state index contributed by atoms with van der Waals surface area (Å²) in [7, 11) is 0. The summed E-state index contributed by atoms with van der Waals surface area (Å²) in [6.45, 7) is 0.265. The van der Waals surface area contributed by atoms with Crippen molar-refractivity contribution in [1.82, 2.24) is 9.97 Å². The smallest absolute Gasteiger partial charge is 0.326 e. The number of hydrogen-bond donors (Lipinski definition) is 2. The highest BCUT2D eigenvalue weighted by Gasteiger charge is 2.37. The molecule has 1 aliphatic rings. The number of aliphatic carboxylic acids is 1. The van der Waals surface area contributed by atoms with Crippen molar-refractivity contribution >= 4 is 24.3 Å². The molecule has 0 aromatic carbocycles. The zero-order valence-corrected chi connectivity index (χ0v) is 9.17. The van der Waals surface area contributed by atoms with Crippen LogP contribution in [0.25, 0.3) is 0 Å². The molecule has 2 rings (SSSR count). The van der Waals surface area contributed by atoms with Gasteiger partial charge >= 0.3 is 5.97 Å². The molecule has 2 unspecified atom stereocenters. The number of anilines is 1. The number of halogens is 1. The zero-order chi connectivity index (χ0) is 10.8. The zero-order valence-electron chi connectivity index (χ0n) is 8.35. The number of aliphatic hydroxyl groups is 1. The minimum absolute atomic E-state index is 0. The molecule has 0 saturated carbocycles. The summed E-state index contributed by atoms with van der Waals surface area (Å²) < 4.78 is 0. The lowest BCUT2D eigenvalue weighted by molar-refractivity contribution is -0.138. The number of carboxylic acid groups (broad SMARTS) is 1. The minimum atomic E-state index is -0.959. The summed E-state index contributed by atoms with van der Waals surface area (Å²) in [5.41, 5.74) is 0. The molecular formula is C9H12ClN3O3. The van der Waals surface area contributed by atoms with E-state index in [0.29, 0.717) is 5.95 Å². The lowest BCUT2D eigenvalue weighted by Crippen LogP contribution is -2.37. The van der Waals surface area contributed by atoms with Gasteiger partial charge in [-0.2, -0.15) is 0 Å². The van der Waals surface area contributed by atoms with Crippen LogP contribution in [0, 0.1) is 0 Å². The van der Waals surface area contributed by atoms with Gasteiger partial charge in [0.15, 0.2) is 0 Å². The van der Waals surface area contributed by atoms with Crippen molar-refractivity contribution in [1.29, 1.82) is 0 Å². The van der Waals surface area contributed by atoms with Crippen LogP contribution in [0.4, 0.5) is 5.95 Å². The third-order valence-electron chi connectivity index (χ3n) is 2.37. The predicted octanol–water partition coefficient (Wildman–Crippen LogP) is -0.0774. The number of nitrogens with zero attached hydrogens (tertiary/aromatic N) is 3. The fraction of sp³-hybridized carbons (Fsp3) is 0.444. The third-order valence-corrected chi connectivity index (χ3v) is 2.37. The number of hydrogen-bond acceptors (Lipinski definition) is 5. The highest BCUT2D eigenvalue weighted by atomic mass is 35.5. The van der Waals surface area contributed by atoms with Crippen molar-refractivity contribution in [3.63, 3.8) is 0 Å². The van der Waals surface area contributed by atoms with Gasteiger partial charge in [0.05, 0.1) is 6.10 Å². The first-order valence-electron chi connectivity index (χ1n) is 4.63. The molecule has 16 heavy (non-hydrogen) atoms. The van der Waals surface area contributed by atoms with Gasteiger partial charge in [-0.15, -0.1) is 12.4 Å². The van der Waals surface area contributed by atoms with Crippen LogP contribution in [0.1, 0.15) is 6.42 Å². The Kier molecular flexibility index (Phi) is 4.03. The molecule has 7 heteroatoms. The molecule has 1 aromatic rings. The average molecular weight is 246 g/mol. The van der Waals surface area contributed by atoms with Crippen LogP contribution < -0.4 is 4.90 Å². The van der Waals surface area contributed by atoms with Crippen molar-refractivity contribution in [2.24, 2.45) is 0 Å². The monoisotopic (exact) mass is 245 g/mol. The third kappa shape index (κ3) is 2.40.